The molecular weight excluding hydrogens is 268 g/mol. The van der Waals surface area contributed by atoms with Gasteiger partial charge in [-0.3, -0.25) is 0 Å². The minimum atomic E-state index is -0.916. The lowest BCUT2D eigenvalue weighted by atomic mass is 10.2. The van der Waals surface area contributed by atoms with Crippen molar-refractivity contribution in [3.8, 4) is 0 Å². The molecule has 2 aliphatic heterocycles. The topological polar surface area (TPSA) is 70.1 Å². The van der Waals surface area contributed by atoms with Crippen molar-refractivity contribution in [1.29, 1.82) is 0 Å². The first kappa shape index (κ1) is 14.5. The minimum absolute atomic E-state index is 0.0696. The molecule has 0 aromatic heterocycles. The van der Waals surface area contributed by atoms with Gasteiger partial charge in [0.25, 0.3) is 0 Å². The number of carbonyl (C=O) groups excluding carboxylic acids is 1. The first-order valence-corrected chi connectivity index (χ1v) is 7.76. The number of thioether (sulfide) groups is 1. The third kappa shape index (κ3) is 3.33. The molecule has 0 aliphatic carbocycles. The molecule has 0 saturated carbocycles. The lowest BCUT2D eigenvalue weighted by Crippen LogP contribution is -2.57. The molecule has 1 N–H and O–H groups in total. The van der Waals surface area contributed by atoms with Crippen LogP contribution in [0, 0.1) is 0 Å². The van der Waals surface area contributed by atoms with Crippen molar-refractivity contribution >= 4 is 23.8 Å². The number of hydrogen-bond acceptors (Lipinski definition) is 4. The smallest absolute Gasteiger partial charge is 0.327 e. The van der Waals surface area contributed by atoms with Crippen LogP contribution in [0.5, 0.6) is 0 Å². The molecule has 19 heavy (non-hydrogen) atoms. The number of amides is 2. The molecule has 2 aliphatic rings. The molecule has 2 saturated heterocycles. The van der Waals surface area contributed by atoms with E-state index in [1.807, 2.05) is 6.92 Å². The Hall–Kier alpha value is -0.950. The van der Waals surface area contributed by atoms with Crippen LogP contribution in [0.2, 0.25) is 0 Å². The summed E-state index contributed by atoms with van der Waals surface area (Å²) in [6.45, 7) is 4.17. The monoisotopic (exact) mass is 288 g/mol. The quantitative estimate of drug-likeness (QED) is 0.811. The fourth-order valence-electron chi connectivity index (χ4n) is 2.36. The molecule has 108 valence electrons. The van der Waals surface area contributed by atoms with Gasteiger partial charge in [-0.2, -0.15) is 11.8 Å². The number of carboxylic acids is 1. The summed E-state index contributed by atoms with van der Waals surface area (Å²) in [7, 11) is 0. The number of nitrogens with zero attached hydrogens (tertiary/aromatic N) is 2. The van der Waals surface area contributed by atoms with Gasteiger partial charge in [0.15, 0.2) is 0 Å². The standard InChI is InChI=1S/C12H20N2O4S/c1-2-9-7-13(3-5-18-9)12(17)14-4-6-19-8-10(14)11(15)16/h9-10H,2-8H2,1H3,(H,15,16). The van der Waals surface area contributed by atoms with Crippen LogP contribution in [0.1, 0.15) is 13.3 Å². The van der Waals surface area contributed by atoms with E-state index in [4.69, 9.17) is 4.74 Å². The maximum atomic E-state index is 12.5. The summed E-state index contributed by atoms with van der Waals surface area (Å²) in [6.07, 6.45) is 0.933. The lowest BCUT2D eigenvalue weighted by Gasteiger charge is -2.39. The molecule has 2 amide bonds. The predicted octanol–water partition coefficient (Wildman–Crippen LogP) is 0.719. The third-order valence-corrected chi connectivity index (χ3v) is 4.55. The Bertz CT molecular complexity index is 353. The SMILES string of the molecule is CCC1CN(C(=O)N2CCSCC2C(=O)O)CCO1. The molecule has 0 aromatic carbocycles. The summed E-state index contributed by atoms with van der Waals surface area (Å²) >= 11 is 1.59. The Morgan fingerprint density at radius 2 is 2.21 bits per heavy atom. The Morgan fingerprint density at radius 1 is 1.42 bits per heavy atom. The van der Waals surface area contributed by atoms with Gasteiger partial charge in [0.2, 0.25) is 0 Å². The molecule has 2 fully saturated rings. The Morgan fingerprint density at radius 3 is 2.89 bits per heavy atom. The molecule has 7 heteroatoms. The largest absolute Gasteiger partial charge is 0.480 e. The van der Waals surface area contributed by atoms with Crippen LogP contribution in [0.25, 0.3) is 0 Å². The summed E-state index contributed by atoms with van der Waals surface area (Å²) in [4.78, 5) is 26.9. The van der Waals surface area contributed by atoms with E-state index in [-0.39, 0.29) is 12.1 Å². The Kier molecular flexibility index (Phi) is 4.93. The summed E-state index contributed by atoms with van der Waals surface area (Å²) < 4.78 is 5.54. The van der Waals surface area contributed by atoms with Crippen molar-refractivity contribution in [2.24, 2.45) is 0 Å². The number of ether oxygens (including phenoxy) is 1. The van der Waals surface area contributed by atoms with Gasteiger partial charge in [-0.15, -0.1) is 0 Å². The fraction of sp³-hybridized carbons (Fsp3) is 0.833. The first-order valence-electron chi connectivity index (χ1n) is 6.61. The van der Waals surface area contributed by atoms with Crippen LogP contribution in [0.3, 0.4) is 0 Å². The van der Waals surface area contributed by atoms with Gasteiger partial charge in [0.05, 0.1) is 12.7 Å². The zero-order valence-corrected chi connectivity index (χ0v) is 11.9. The predicted molar refractivity (Wildman–Crippen MR) is 72.5 cm³/mol. The number of morpholine rings is 1. The normalized spacial score (nSPS) is 28.3. The van der Waals surface area contributed by atoms with Crippen molar-refractivity contribution in [3.63, 3.8) is 0 Å². The maximum absolute atomic E-state index is 12.5. The summed E-state index contributed by atoms with van der Waals surface area (Å²) in [5.41, 5.74) is 0. The maximum Gasteiger partial charge on any atom is 0.327 e. The summed E-state index contributed by atoms with van der Waals surface area (Å²) in [5, 5.41) is 9.20. The highest BCUT2D eigenvalue weighted by Gasteiger charge is 2.36. The molecule has 0 spiro atoms. The lowest BCUT2D eigenvalue weighted by molar-refractivity contribution is -0.141. The molecule has 6 nitrogen and oxygen atoms in total. The average Bonchev–Trinajstić information content (AvgIpc) is 2.46. The van der Waals surface area contributed by atoms with E-state index in [0.29, 0.717) is 32.0 Å². The third-order valence-electron chi connectivity index (χ3n) is 3.52. The van der Waals surface area contributed by atoms with Gasteiger partial charge in [0, 0.05) is 31.1 Å². The second-order valence-corrected chi connectivity index (χ2v) is 5.90. The van der Waals surface area contributed by atoms with Crippen LogP contribution >= 0.6 is 11.8 Å². The van der Waals surface area contributed by atoms with E-state index in [1.54, 1.807) is 16.7 Å². The van der Waals surface area contributed by atoms with E-state index in [0.717, 1.165) is 12.2 Å². The van der Waals surface area contributed by atoms with Gasteiger partial charge < -0.3 is 19.6 Å². The minimum Gasteiger partial charge on any atom is -0.480 e. The zero-order valence-electron chi connectivity index (χ0n) is 11.1. The second-order valence-electron chi connectivity index (χ2n) is 4.75. The molecule has 0 radical (unpaired) electrons. The van der Waals surface area contributed by atoms with Gasteiger partial charge >= 0.3 is 12.0 Å². The van der Waals surface area contributed by atoms with Gasteiger partial charge in [0.1, 0.15) is 6.04 Å². The molecule has 0 aromatic rings. The van der Waals surface area contributed by atoms with Crippen molar-refractivity contribution in [2.75, 3.05) is 37.7 Å². The summed E-state index contributed by atoms with van der Waals surface area (Å²) in [6, 6.07) is -0.858. The van der Waals surface area contributed by atoms with Gasteiger partial charge in [-0.25, -0.2) is 9.59 Å². The van der Waals surface area contributed by atoms with E-state index in [2.05, 4.69) is 0 Å². The van der Waals surface area contributed by atoms with E-state index >= 15 is 0 Å². The molecule has 0 bridgehead atoms. The van der Waals surface area contributed by atoms with Gasteiger partial charge in [-0.1, -0.05) is 6.92 Å². The Balaban J connectivity index is 2.02. The Labute approximate surface area is 117 Å². The van der Waals surface area contributed by atoms with Crippen LogP contribution in [-0.4, -0.2) is 76.8 Å². The number of rotatable bonds is 2. The number of carbonyl (C=O) groups is 2. The first-order chi connectivity index (χ1) is 9.13. The van der Waals surface area contributed by atoms with Crippen LogP contribution < -0.4 is 0 Å². The highest BCUT2D eigenvalue weighted by molar-refractivity contribution is 7.99. The average molecular weight is 288 g/mol. The molecule has 2 heterocycles. The van der Waals surface area contributed by atoms with E-state index in [1.165, 1.54) is 4.90 Å². The second kappa shape index (κ2) is 6.47. The van der Waals surface area contributed by atoms with E-state index in [9.17, 15) is 14.7 Å². The molecule has 2 atom stereocenters. The zero-order chi connectivity index (χ0) is 13.8. The van der Waals surface area contributed by atoms with Crippen molar-refractivity contribution in [1.82, 2.24) is 9.80 Å². The molecule has 2 unspecified atom stereocenters. The number of hydrogen-bond donors (Lipinski definition) is 1. The summed E-state index contributed by atoms with van der Waals surface area (Å²) in [5.74, 6) is 0.362. The fourth-order valence-corrected chi connectivity index (χ4v) is 3.40. The number of aliphatic carboxylic acids is 1. The molecule has 2 rings (SSSR count). The molecular formula is C12H20N2O4S. The van der Waals surface area contributed by atoms with E-state index < -0.39 is 12.0 Å². The van der Waals surface area contributed by atoms with Crippen molar-refractivity contribution in [2.45, 2.75) is 25.5 Å². The van der Waals surface area contributed by atoms with Crippen LogP contribution in [-0.2, 0) is 9.53 Å². The number of urea groups is 1. The van der Waals surface area contributed by atoms with Crippen molar-refractivity contribution < 1.29 is 19.4 Å². The highest BCUT2D eigenvalue weighted by atomic mass is 32.2. The van der Waals surface area contributed by atoms with Crippen LogP contribution in [0.15, 0.2) is 0 Å². The van der Waals surface area contributed by atoms with Gasteiger partial charge in [-0.05, 0) is 6.42 Å². The van der Waals surface area contributed by atoms with Crippen molar-refractivity contribution in [3.05, 3.63) is 0 Å². The van der Waals surface area contributed by atoms with Crippen LogP contribution in [0.4, 0.5) is 4.79 Å². The highest BCUT2D eigenvalue weighted by Crippen LogP contribution is 2.20. The number of carboxylic acid groups (broad SMARTS) is 1.